The highest BCUT2D eigenvalue weighted by Gasteiger charge is 2.37. The standard InChI is InChI=1S/C15H27NO5/c1-3-20-14(21-4-2)11-16-12(17)9-15(10-13(18)19)7-5-6-8-15/h14H,3-11H2,1-2H3,(H,16,17)(H,18,19). The van der Waals surface area contributed by atoms with Crippen LogP contribution in [0, 0.1) is 5.41 Å². The molecule has 0 unspecified atom stereocenters. The van der Waals surface area contributed by atoms with Crippen LogP contribution in [-0.4, -0.2) is 43.0 Å². The van der Waals surface area contributed by atoms with E-state index in [2.05, 4.69) is 5.32 Å². The third-order valence-corrected chi connectivity index (χ3v) is 3.90. The Hall–Kier alpha value is -1.14. The van der Waals surface area contributed by atoms with E-state index in [1.54, 1.807) is 0 Å². The second-order valence-corrected chi connectivity index (χ2v) is 5.60. The van der Waals surface area contributed by atoms with Crippen molar-refractivity contribution in [2.75, 3.05) is 19.8 Å². The van der Waals surface area contributed by atoms with Gasteiger partial charge in [-0.3, -0.25) is 9.59 Å². The lowest BCUT2D eigenvalue weighted by atomic mass is 9.79. The van der Waals surface area contributed by atoms with Crippen LogP contribution in [0.15, 0.2) is 0 Å². The van der Waals surface area contributed by atoms with E-state index >= 15 is 0 Å². The first kappa shape index (κ1) is 17.9. The van der Waals surface area contributed by atoms with Crippen LogP contribution in [0.3, 0.4) is 0 Å². The van der Waals surface area contributed by atoms with Crippen molar-refractivity contribution in [3.63, 3.8) is 0 Å². The number of carbonyl (C=O) groups excluding carboxylic acids is 1. The first-order valence-electron chi connectivity index (χ1n) is 7.73. The smallest absolute Gasteiger partial charge is 0.303 e. The third-order valence-electron chi connectivity index (χ3n) is 3.90. The summed E-state index contributed by atoms with van der Waals surface area (Å²) >= 11 is 0. The third kappa shape index (κ3) is 6.44. The Morgan fingerprint density at radius 3 is 2.19 bits per heavy atom. The molecule has 1 aliphatic rings. The average molecular weight is 301 g/mol. The summed E-state index contributed by atoms with van der Waals surface area (Å²) in [6.45, 7) is 5.07. The fraction of sp³-hybridized carbons (Fsp3) is 0.867. The van der Waals surface area contributed by atoms with Gasteiger partial charge in [0.1, 0.15) is 0 Å². The van der Waals surface area contributed by atoms with E-state index in [1.807, 2.05) is 13.8 Å². The minimum atomic E-state index is -0.828. The lowest BCUT2D eigenvalue weighted by Gasteiger charge is -2.26. The molecule has 0 aliphatic heterocycles. The predicted molar refractivity (Wildman–Crippen MR) is 77.8 cm³/mol. The molecule has 1 fully saturated rings. The van der Waals surface area contributed by atoms with Crippen LogP contribution in [0.5, 0.6) is 0 Å². The molecule has 0 bridgehead atoms. The Morgan fingerprint density at radius 1 is 1.14 bits per heavy atom. The van der Waals surface area contributed by atoms with E-state index in [0.29, 0.717) is 19.8 Å². The lowest BCUT2D eigenvalue weighted by Crippen LogP contribution is -2.38. The largest absolute Gasteiger partial charge is 0.481 e. The van der Waals surface area contributed by atoms with Gasteiger partial charge in [0.25, 0.3) is 0 Å². The maximum absolute atomic E-state index is 12.1. The van der Waals surface area contributed by atoms with Gasteiger partial charge in [-0.1, -0.05) is 12.8 Å². The molecule has 0 radical (unpaired) electrons. The Bertz CT molecular complexity index is 333. The molecule has 0 spiro atoms. The molecule has 6 heteroatoms. The van der Waals surface area contributed by atoms with Crippen molar-refractivity contribution in [2.45, 2.75) is 58.7 Å². The maximum Gasteiger partial charge on any atom is 0.303 e. The van der Waals surface area contributed by atoms with Crippen molar-refractivity contribution < 1.29 is 24.2 Å². The van der Waals surface area contributed by atoms with Gasteiger partial charge in [-0.25, -0.2) is 0 Å². The van der Waals surface area contributed by atoms with Crippen molar-refractivity contribution in [3.8, 4) is 0 Å². The first-order valence-corrected chi connectivity index (χ1v) is 7.73. The van der Waals surface area contributed by atoms with Crippen molar-refractivity contribution >= 4 is 11.9 Å². The van der Waals surface area contributed by atoms with Crippen molar-refractivity contribution in [1.29, 1.82) is 0 Å². The fourth-order valence-electron chi connectivity index (χ4n) is 3.00. The highest BCUT2D eigenvalue weighted by molar-refractivity contribution is 5.78. The molecule has 0 saturated heterocycles. The molecule has 1 amide bonds. The quantitative estimate of drug-likeness (QED) is 0.602. The molecule has 1 saturated carbocycles. The van der Waals surface area contributed by atoms with Crippen LogP contribution in [-0.2, 0) is 19.1 Å². The summed E-state index contributed by atoms with van der Waals surface area (Å²) in [5, 5.41) is 11.8. The summed E-state index contributed by atoms with van der Waals surface area (Å²) < 4.78 is 10.7. The Balaban J connectivity index is 2.44. The molecule has 0 aromatic carbocycles. The van der Waals surface area contributed by atoms with Gasteiger partial charge < -0.3 is 19.9 Å². The molecular formula is C15H27NO5. The van der Waals surface area contributed by atoms with Gasteiger partial charge >= 0.3 is 5.97 Å². The van der Waals surface area contributed by atoms with E-state index < -0.39 is 12.3 Å². The first-order chi connectivity index (χ1) is 10.0. The molecule has 1 rings (SSSR count). The van der Waals surface area contributed by atoms with Gasteiger partial charge in [-0.15, -0.1) is 0 Å². The number of carboxylic acids is 1. The summed E-state index contributed by atoms with van der Waals surface area (Å²) in [5.74, 6) is -0.950. The number of nitrogens with one attached hydrogen (secondary N) is 1. The normalized spacial score (nSPS) is 17.1. The minimum absolute atomic E-state index is 0.0702. The number of hydrogen-bond acceptors (Lipinski definition) is 4. The zero-order valence-corrected chi connectivity index (χ0v) is 13.0. The van der Waals surface area contributed by atoms with Crippen molar-refractivity contribution in [2.24, 2.45) is 5.41 Å². The van der Waals surface area contributed by atoms with Gasteiger partial charge in [0.05, 0.1) is 13.0 Å². The fourth-order valence-corrected chi connectivity index (χ4v) is 3.00. The number of ether oxygens (including phenoxy) is 2. The SMILES string of the molecule is CCOC(CNC(=O)CC1(CC(=O)O)CCCC1)OCC. The van der Waals surface area contributed by atoms with E-state index in [0.717, 1.165) is 25.7 Å². The number of carboxylic acid groups (broad SMARTS) is 1. The van der Waals surface area contributed by atoms with Crippen LogP contribution in [0.25, 0.3) is 0 Å². The number of aliphatic carboxylic acids is 1. The van der Waals surface area contributed by atoms with Crippen LogP contribution in [0.2, 0.25) is 0 Å². The number of amides is 1. The monoisotopic (exact) mass is 301 g/mol. The minimum Gasteiger partial charge on any atom is -0.481 e. The maximum atomic E-state index is 12.1. The Labute approximate surface area is 126 Å². The van der Waals surface area contributed by atoms with Gasteiger partial charge in [0.2, 0.25) is 5.91 Å². The second-order valence-electron chi connectivity index (χ2n) is 5.60. The predicted octanol–water partition coefficient (Wildman–Crippen LogP) is 1.93. The second kappa shape index (κ2) is 9.00. The molecule has 2 N–H and O–H groups in total. The van der Waals surface area contributed by atoms with Gasteiger partial charge in [-0.2, -0.15) is 0 Å². The van der Waals surface area contributed by atoms with Crippen LogP contribution >= 0.6 is 0 Å². The Morgan fingerprint density at radius 2 is 1.71 bits per heavy atom. The highest BCUT2D eigenvalue weighted by atomic mass is 16.7. The number of hydrogen-bond donors (Lipinski definition) is 2. The van der Waals surface area contributed by atoms with Gasteiger partial charge in [0.15, 0.2) is 6.29 Å². The van der Waals surface area contributed by atoms with Crippen LogP contribution in [0.1, 0.15) is 52.4 Å². The van der Waals surface area contributed by atoms with Crippen LogP contribution < -0.4 is 5.32 Å². The zero-order valence-electron chi connectivity index (χ0n) is 13.0. The molecule has 0 aromatic rings. The molecule has 1 aliphatic carbocycles. The summed E-state index contributed by atoms with van der Waals surface area (Å²) in [5.41, 5.74) is -0.372. The van der Waals surface area contributed by atoms with E-state index in [-0.39, 0.29) is 24.2 Å². The highest BCUT2D eigenvalue weighted by Crippen LogP contribution is 2.43. The zero-order chi connectivity index (χ0) is 15.7. The molecular weight excluding hydrogens is 274 g/mol. The van der Waals surface area contributed by atoms with E-state index in [1.165, 1.54) is 0 Å². The van der Waals surface area contributed by atoms with E-state index in [4.69, 9.17) is 14.6 Å². The Kier molecular flexibility index (Phi) is 7.67. The molecule has 122 valence electrons. The van der Waals surface area contributed by atoms with Crippen LogP contribution in [0.4, 0.5) is 0 Å². The number of carbonyl (C=O) groups is 2. The topological polar surface area (TPSA) is 84.9 Å². The van der Waals surface area contributed by atoms with Gasteiger partial charge in [-0.05, 0) is 32.1 Å². The molecule has 6 nitrogen and oxygen atoms in total. The summed E-state index contributed by atoms with van der Waals surface area (Å²) in [6, 6.07) is 0. The molecule has 0 atom stereocenters. The summed E-state index contributed by atoms with van der Waals surface area (Å²) in [7, 11) is 0. The van der Waals surface area contributed by atoms with E-state index in [9.17, 15) is 9.59 Å². The molecule has 0 aromatic heterocycles. The summed E-state index contributed by atoms with van der Waals surface area (Å²) in [4.78, 5) is 23.1. The summed E-state index contributed by atoms with van der Waals surface area (Å²) in [6.07, 6.45) is 3.52. The lowest BCUT2D eigenvalue weighted by molar-refractivity contribution is -0.143. The average Bonchev–Trinajstić information content (AvgIpc) is 2.83. The molecule has 21 heavy (non-hydrogen) atoms. The van der Waals surface area contributed by atoms with Gasteiger partial charge in [0, 0.05) is 19.6 Å². The molecule has 0 heterocycles. The number of rotatable bonds is 10. The van der Waals surface area contributed by atoms with Crippen molar-refractivity contribution in [1.82, 2.24) is 5.32 Å². The van der Waals surface area contributed by atoms with Crippen molar-refractivity contribution in [3.05, 3.63) is 0 Å².